The molecule has 0 radical (unpaired) electrons. The van der Waals surface area contributed by atoms with Crippen LogP contribution in [0.25, 0.3) is 0 Å². The fraction of sp³-hybridized carbons (Fsp3) is 0.300. The second-order valence-electron chi connectivity index (χ2n) is 3.37. The average molecular weight is 212 g/mol. The highest BCUT2D eigenvalue weighted by atomic mass is 35.5. The largest absolute Gasteiger partial charge is 0.389 e. The minimum absolute atomic E-state index is 0.0491. The SMILES string of the molecule is O=C(c1ccc(Cl)cc1)N1CC(O)C1. The summed E-state index contributed by atoms with van der Waals surface area (Å²) in [7, 11) is 0. The molecule has 0 unspecified atom stereocenters. The van der Waals surface area contributed by atoms with E-state index < -0.39 is 0 Å². The molecule has 0 saturated carbocycles. The van der Waals surface area contributed by atoms with Crippen LogP contribution in [-0.2, 0) is 0 Å². The standard InChI is InChI=1S/C10H10ClNO2/c11-8-3-1-7(2-4-8)10(14)12-5-9(13)6-12/h1-4,9,13H,5-6H2. The highest BCUT2D eigenvalue weighted by molar-refractivity contribution is 6.30. The fourth-order valence-electron chi connectivity index (χ4n) is 1.40. The zero-order chi connectivity index (χ0) is 10.1. The Balaban J connectivity index is 2.08. The summed E-state index contributed by atoms with van der Waals surface area (Å²) in [6, 6.07) is 6.75. The lowest BCUT2D eigenvalue weighted by Gasteiger charge is -2.35. The van der Waals surface area contributed by atoms with Crippen LogP contribution in [0.3, 0.4) is 0 Å². The van der Waals surface area contributed by atoms with E-state index in [1.165, 1.54) is 0 Å². The number of aliphatic hydroxyl groups is 1. The zero-order valence-electron chi connectivity index (χ0n) is 7.48. The van der Waals surface area contributed by atoms with E-state index in [0.717, 1.165) is 0 Å². The number of hydrogen-bond donors (Lipinski definition) is 1. The van der Waals surface area contributed by atoms with E-state index in [-0.39, 0.29) is 12.0 Å². The number of amides is 1. The molecule has 1 aromatic carbocycles. The lowest BCUT2D eigenvalue weighted by Crippen LogP contribution is -2.53. The van der Waals surface area contributed by atoms with Gasteiger partial charge in [0.25, 0.3) is 5.91 Å². The Kier molecular flexibility index (Phi) is 2.44. The molecule has 1 aromatic rings. The summed E-state index contributed by atoms with van der Waals surface area (Å²) in [5, 5.41) is 9.66. The van der Waals surface area contributed by atoms with Gasteiger partial charge in [0.2, 0.25) is 0 Å². The maximum absolute atomic E-state index is 11.7. The van der Waals surface area contributed by atoms with Crippen LogP contribution in [-0.4, -0.2) is 35.1 Å². The van der Waals surface area contributed by atoms with E-state index >= 15 is 0 Å². The Labute approximate surface area is 86.9 Å². The molecule has 14 heavy (non-hydrogen) atoms. The summed E-state index contributed by atoms with van der Waals surface area (Å²) in [6.07, 6.45) is -0.355. The summed E-state index contributed by atoms with van der Waals surface area (Å²) in [6.45, 7) is 0.864. The van der Waals surface area contributed by atoms with Crippen LogP contribution in [0.15, 0.2) is 24.3 Å². The van der Waals surface area contributed by atoms with E-state index in [9.17, 15) is 4.79 Å². The molecule has 74 valence electrons. The predicted molar refractivity (Wildman–Crippen MR) is 53.4 cm³/mol. The summed E-state index contributed by atoms with van der Waals surface area (Å²) >= 11 is 5.70. The Bertz CT molecular complexity index is 344. The third-order valence-corrected chi connectivity index (χ3v) is 2.49. The van der Waals surface area contributed by atoms with Gasteiger partial charge in [-0.25, -0.2) is 0 Å². The van der Waals surface area contributed by atoms with Gasteiger partial charge in [-0.1, -0.05) is 11.6 Å². The summed E-state index contributed by atoms with van der Waals surface area (Å²) in [4.78, 5) is 13.3. The molecule has 0 aliphatic carbocycles. The molecule has 4 heteroatoms. The van der Waals surface area contributed by atoms with Gasteiger partial charge in [0.1, 0.15) is 0 Å². The first-order chi connectivity index (χ1) is 6.66. The van der Waals surface area contributed by atoms with E-state index in [1.54, 1.807) is 29.2 Å². The first-order valence-electron chi connectivity index (χ1n) is 4.40. The third-order valence-electron chi connectivity index (χ3n) is 2.24. The van der Waals surface area contributed by atoms with Gasteiger partial charge in [-0.3, -0.25) is 4.79 Å². The van der Waals surface area contributed by atoms with Crippen molar-refractivity contribution in [1.82, 2.24) is 4.90 Å². The van der Waals surface area contributed by atoms with E-state index in [4.69, 9.17) is 16.7 Å². The molecule has 0 spiro atoms. The van der Waals surface area contributed by atoms with Gasteiger partial charge >= 0.3 is 0 Å². The van der Waals surface area contributed by atoms with Crippen molar-refractivity contribution >= 4 is 17.5 Å². The average Bonchev–Trinajstić information content (AvgIpc) is 2.13. The van der Waals surface area contributed by atoms with E-state index in [0.29, 0.717) is 23.7 Å². The van der Waals surface area contributed by atoms with Crippen LogP contribution in [0.4, 0.5) is 0 Å². The van der Waals surface area contributed by atoms with Gasteiger partial charge in [-0.2, -0.15) is 0 Å². The number of rotatable bonds is 1. The summed E-state index contributed by atoms with van der Waals surface area (Å²) in [5.74, 6) is -0.0491. The van der Waals surface area contributed by atoms with Crippen LogP contribution in [0.2, 0.25) is 5.02 Å². The van der Waals surface area contributed by atoms with Crippen molar-refractivity contribution in [1.29, 1.82) is 0 Å². The molecular formula is C10H10ClNO2. The molecular weight excluding hydrogens is 202 g/mol. The van der Waals surface area contributed by atoms with Crippen LogP contribution < -0.4 is 0 Å². The Morgan fingerprint density at radius 3 is 2.43 bits per heavy atom. The first-order valence-corrected chi connectivity index (χ1v) is 4.77. The molecule has 1 amide bonds. The van der Waals surface area contributed by atoms with Gasteiger partial charge in [0.05, 0.1) is 6.10 Å². The monoisotopic (exact) mass is 211 g/mol. The molecule has 1 aliphatic heterocycles. The normalized spacial score (nSPS) is 16.6. The van der Waals surface area contributed by atoms with Crippen LogP contribution in [0.1, 0.15) is 10.4 Å². The maximum atomic E-state index is 11.7. The fourth-order valence-corrected chi connectivity index (χ4v) is 1.52. The number of β-amino-alcohol motifs (C(OH)–C–C–N with tert-alkyl or cyclic N) is 1. The number of benzene rings is 1. The van der Waals surface area contributed by atoms with E-state index in [1.807, 2.05) is 0 Å². The molecule has 1 fully saturated rings. The second-order valence-corrected chi connectivity index (χ2v) is 3.81. The number of aliphatic hydroxyl groups excluding tert-OH is 1. The van der Waals surface area contributed by atoms with Crippen molar-refractivity contribution in [2.75, 3.05) is 13.1 Å². The Hall–Kier alpha value is -1.06. The molecule has 1 saturated heterocycles. The molecule has 0 atom stereocenters. The lowest BCUT2D eigenvalue weighted by atomic mass is 10.1. The number of carbonyl (C=O) groups is 1. The third kappa shape index (κ3) is 1.74. The van der Waals surface area contributed by atoms with E-state index in [2.05, 4.69) is 0 Å². The zero-order valence-corrected chi connectivity index (χ0v) is 8.24. The van der Waals surface area contributed by atoms with Crippen molar-refractivity contribution in [2.45, 2.75) is 6.10 Å². The van der Waals surface area contributed by atoms with Gasteiger partial charge in [-0.15, -0.1) is 0 Å². The minimum Gasteiger partial charge on any atom is -0.389 e. The maximum Gasteiger partial charge on any atom is 0.254 e. The lowest BCUT2D eigenvalue weighted by molar-refractivity contribution is 0.00589. The number of carbonyl (C=O) groups excluding carboxylic acids is 1. The quantitative estimate of drug-likeness (QED) is 0.757. The van der Waals surface area contributed by atoms with Crippen molar-refractivity contribution in [3.63, 3.8) is 0 Å². The topological polar surface area (TPSA) is 40.5 Å². The van der Waals surface area contributed by atoms with Crippen LogP contribution in [0.5, 0.6) is 0 Å². The van der Waals surface area contributed by atoms with Crippen molar-refractivity contribution in [3.05, 3.63) is 34.9 Å². The number of halogens is 1. The Morgan fingerprint density at radius 2 is 1.93 bits per heavy atom. The molecule has 1 N–H and O–H groups in total. The van der Waals surface area contributed by atoms with Crippen LogP contribution >= 0.6 is 11.6 Å². The molecule has 0 bridgehead atoms. The van der Waals surface area contributed by atoms with Gasteiger partial charge in [0, 0.05) is 23.7 Å². The van der Waals surface area contributed by atoms with Gasteiger partial charge < -0.3 is 10.0 Å². The van der Waals surface area contributed by atoms with Crippen molar-refractivity contribution in [3.8, 4) is 0 Å². The Morgan fingerprint density at radius 1 is 1.36 bits per heavy atom. The molecule has 3 nitrogen and oxygen atoms in total. The predicted octanol–water partition coefficient (Wildman–Crippen LogP) is 1.16. The smallest absolute Gasteiger partial charge is 0.254 e. The highest BCUT2D eigenvalue weighted by Gasteiger charge is 2.29. The molecule has 1 aliphatic rings. The summed E-state index contributed by atoms with van der Waals surface area (Å²) < 4.78 is 0. The molecule has 2 rings (SSSR count). The first kappa shape index (κ1) is 9.49. The summed E-state index contributed by atoms with van der Waals surface area (Å²) in [5.41, 5.74) is 0.612. The van der Waals surface area contributed by atoms with Crippen LogP contribution in [0, 0.1) is 0 Å². The van der Waals surface area contributed by atoms with Crippen molar-refractivity contribution in [2.24, 2.45) is 0 Å². The highest BCUT2D eigenvalue weighted by Crippen LogP contribution is 2.15. The van der Waals surface area contributed by atoms with Gasteiger partial charge in [0.15, 0.2) is 0 Å². The van der Waals surface area contributed by atoms with Gasteiger partial charge in [-0.05, 0) is 24.3 Å². The molecule has 0 aromatic heterocycles. The molecule has 1 heterocycles. The van der Waals surface area contributed by atoms with Crippen molar-refractivity contribution < 1.29 is 9.90 Å². The number of nitrogens with zero attached hydrogens (tertiary/aromatic N) is 1. The number of hydrogen-bond acceptors (Lipinski definition) is 2. The number of likely N-dealkylation sites (tertiary alicyclic amines) is 1. The minimum atomic E-state index is -0.355. The second kappa shape index (κ2) is 3.59.